The normalized spacial score (nSPS) is 18.3. The highest BCUT2D eigenvalue weighted by atomic mass is 16.6. The summed E-state index contributed by atoms with van der Waals surface area (Å²) in [5.41, 5.74) is -0.206. The van der Waals surface area contributed by atoms with Crippen molar-refractivity contribution in [1.29, 1.82) is 5.26 Å². The molecule has 2 heterocycles. The van der Waals surface area contributed by atoms with Crippen molar-refractivity contribution in [3.63, 3.8) is 0 Å². The van der Waals surface area contributed by atoms with Gasteiger partial charge in [-0.1, -0.05) is 0 Å². The molecule has 1 aromatic heterocycles. The molecule has 1 amide bonds. The second kappa shape index (κ2) is 5.30. The molecule has 0 radical (unpaired) electrons. The highest BCUT2D eigenvalue weighted by Gasteiger charge is 2.25. The molecule has 0 aromatic carbocycles. The van der Waals surface area contributed by atoms with Gasteiger partial charge in [0, 0.05) is 18.8 Å². The van der Waals surface area contributed by atoms with Gasteiger partial charge in [-0.15, -0.1) is 0 Å². The van der Waals surface area contributed by atoms with E-state index in [1.807, 2.05) is 0 Å². The van der Waals surface area contributed by atoms with Gasteiger partial charge in [0.05, 0.1) is 10.5 Å². The summed E-state index contributed by atoms with van der Waals surface area (Å²) in [6.07, 6.45) is 2.62. The third-order valence-electron chi connectivity index (χ3n) is 2.79. The minimum Gasteiger partial charge on any atom is -0.354 e. The topological polar surface area (TPSA) is 121 Å². The number of anilines is 1. The molecule has 1 aliphatic heterocycles. The van der Waals surface area contributed by atoms with Gasteiger partial charge in [-0.2, -0.15) is 5.26 Å². The fourth-order valence-electron chi connectivity index (χ4n) is 1.84. The zero-order valence-corrected chi connectivity index (χ0v) is 9.92. The van der Waals surface area contributed by atoms with Gasteiger partial charge in [-0.3, -0.25) is 14.9 Å². The Bertz CT molecular complexity index is 566. The minimum absolute atomic E-state index is 0.00560. The fraction of sp³-hybridized carbons (Fsp3) is 0.364. The van der Waals surface area contributed by atoms with E-state index in [1.165, 1.54) is 6.20 Å². The molecule has 1 aromatic rings. The Labute approximate surface area is 108 Å². The largest absolute Gasteiger partial charge is 0.354 e. The van der Waals surface area contributed by atoms with Crippen molar-refractivity contribution in [3.05, 3.63) is 27.9 Å². The highest BCUT2D eigenvalue weighted by Crippen LogP contribution is 2.24. The van der Waals surface area contributed by atoms with E-state index in [-0.39, 0.29) is 23.0 Å². The smallest absolute Gasteiger partial charge is 0.312 e. The number of pyridine rings is 1. The van der Waals surface area contributed by atoms with Crippen LogP contribution in [-0.2, 0) is 4.79 Å². The van der Waals surface area contributed by atoms with Crippen LogP contribution in [0.2, 0.25) is 0 Å². The molecule has 0 spiro atoms. The molecule has 2 rings (SSSR count). The molecule has 1 unspecified atom stereocenters. The van der Waals surface area contributed by atoms with Gasteiger partial charge >= 0.3 is 5.69 Å². The minimum atomic E-state index is -0.628. The van der Waals surface area contributed by atoms with Crippen molar-refractivity contribution in [2.75, 3.05) is 11.9 Å². The predicted octanol–water partition coefficient (Wildman–Crippen LogP) is 0.552. The summed E-state index contributed by atoms with van der Waals surface area (Å²) in [6.45, 7) is 0.611. The molecule has 98 valence electrons. The van der Waals surface area contributed by atoms with Crippen molar-refractivity contribution in [3.8, 4) is 6.07 Å². The van der Waals surface area contributed by atoms with Crippen molar-refractivity contribution >= 4 is 17.4 Å². The van der Waals surface area contributed by atoms with E-state index in [9.17, 15) is 14.9 Å². The second-order valence-electron chi connectivity index (χ2n) is 4.09. The Morgan fingerprint density at radius 3 is 3.05 bits per heavy atom. The van der Waals surface area contributed by atoms with E-state index in [4.69, 9.17) is 5.26 Å². The first-order chi connectivity index (χ1) is 9.11. The van der Waals surface area contributed by atoms with E-state index in [0.717, 1.165) is 12.5 Å². The predicted molar refractivity (Wildman–Crippen MR) is 65.3 cm³/mol. The highest BCUT2D eigenvalue weighted by molar-refractivity contribution is 5.85. The first-order valence-corrected chi connectivity index (χ1v) is 5.70. The number of nitro groups is 1. The van der Waals surface area contributed by atoms with Gasteiger partial charge in [-0.05, 0) is 12.8 Å². The summed E-state index contributed by atoms with van der Waals surface area (Å²) < 4.78 is 0. The molecule has 0 aliphatic carbocycles. The number of hydrogen-bond donors (Lipinski definition) is 2. The summed E-state index contributed by atoms with van der Waals surface area (Å²) in [5, 5.41) is 25.1. The van der Waals surface area contributed by atoms with Crippen molar-refractivity contribution < 1.29 is 9.72 Å². The molecule has 8 heteroatoms. The number of nitrogens with zero attached hydrogens (tertiary/aromatic N) is 3. The van der Waals surface area contributed by atoms with Crippen LogP contribution in [0.1, 0.15) is 18.4 Å². The average molecular weight is 261 g/mol. The van der Waals surface area contributed by atoms with Gasteiger partial charge in [-0.25, -0.2) is 4.98 Å². The fourth-order valence-corrected chi connectivity index (χ4v) is 1.84. The molecular weight excluding hydrogens is 250 g/mol. The molecule has 1 aliphatic rings. The lowest BCUT2D eigenvalue weighted by Crippen LogP contribution is -2.44. The molecule has 1 saturated heterocycles. The number of rotatable bonds is 3. The summed E-state index contributed by atoms with van der Waals surface area (Å²) in [6, 6.07) is 2.39. The van der Waals surface area contributed by atoms with Crippen molar-refractivity contribution in [1.82, 2.24) is 10.3 Å². The molecule has 8 nitrogen and oxygen atoms in total. The molecular formula is C11H11N5O3. The number of nitrogens with one attached hydrogen (secondary N) is 2. The molecule has 0 bridgehead atoms. The summed E-state index contributed by atoms with van der Waals surface area (Å²) in [7, 11) is 0. The van der Waals surface area contributed by atoms with Crippen LogP contribution in [0, 0.1) is 21.4 Å². The number of hydrogen-bond acceptors (Lipinski definition) is 6. The van der Waals surface area contributed by atoms with Crippen LogP contribution in [0.25, 0.3) is 0 Å². The Balaban J connectivity index is 2.26. The van der Waals surface area contributed by atoms with Gasteiger partial charge in [0.1, 0.15) is 12.1 Å². The standard InChI is InChI=1S/C11H11N5O3/c12-5-7-4-9(16(18)19)10(14-6-7)15-8-2-1-3-13-11(8)17/h4,6,8H,1-3H2,(H,13,17)(H,14,15). The van der Waals surface area contributed by atoms with E-state index in [2.05, 4.69) is 15.6 Å². The summed E-state index contributed by atoms with van der Waals surface area (Å²) in [5.74, 6) is -0.197. The van der Waals surface area contributed by atoms with Crippen LogP contribution in [-0.4, -0.2) is 28.4 Å². The van der Waals surface area contributed by atoms with Crippen LogP contribution in [0.5, 0.6) is 0 Å². The van der Waals surface area contributed by atoms with Gasteiger partial charge in [0.15, 0.2) is 0 Å². The Hall–Kier alpha value is -2.69. The molecule has 1 fully saturated rings. The maximum atomic E-state index is 11.6. The maximum Gasteiger partial charge on any atom is 0.312 e. The zero-order chi connectivity index (χ0) is 13.8. The van der Waals surface area contributed by atoms with Gasteiger partial charge in [0.2, 0.25) is 11.7 Å². The molecule has 19 heavy (non-hydrogen) atoms. The average Bonchev–Trinajstić information content (AvgIpc) is 2.41. The summed E-state index contributed by atoms with van der Waals surface area (Å²) in [4.78, 5) is 25.7. The van der Waals surface area contributed by atoms with Crippen LogP contribution >= 0.6 is 0 Å². The van der Waals surface area contributed by atoms with Crippen LogP contribution in [0.15, 0.2) is 12.3 Å². The number of piperidine rings is 1. The number of amides is 1. The SMILES string of the molecule is N#Cc1cnc(NC2CCCNC2=O)c([N+](=O)[O-])c1. The lowest BCUT2D eigenvalue weighted by atomic mass is 10.1. The summed E-state index contributed by atoms with van der Waals surface area (Å²) >= 11 is 0. The first-order valence-electron chi connectivity index (χ1n) is 5.70. The molecule has 2 N–H and O–H groups in total. The lowest BCUT2D eigenvalue weighted by Gasteiger charge is -2.22. The van der Waals surface area contributed by atoms with Gasteiger partial charge < -0.3 is 10.6 Å². The van der Waals surface area contributed by atoms with E-state index in [1.54, 1.807) is 6.07 Å². The quantitative estimate of drug-likeness (QED) is 0.605. The number of carbonyl (C=O) groups is 1. The third kappa shape index (κ3) is 2.77. The van der Waals surface area contributed by atoms with E-state index >= 15 is 0 Å². The van der Waals surface area contributed by atoms with E-state index < -0.39 is 11.0 Å². The monoisotopic (exact) mass is 261 g/mol. The number of aromatic nitrogens is 1. The lowest BCUT2D eigenvalue weighted by molar-refractivity contribution is -0.384. The van der Waals surface area contributed by atoms with Crippen LogP contribution in [0.4, 0.5) is 11.5 Å². The van der Waals surface area contributed by atoms with Crippen molar-refractivity contribution in [2.45, 2.75) is 18.9 Å². The second-order valence-corrected chi connectivity index (χ2v) is 4.09. The Morgan fingerprint density at radius 1 is 1.63 bits per heavy atom. The maximum absolute atomic E-state index is 11.6. The van der Waals surface area contributed by atoms with Crippen molar-refractivity contribution in [2.24, 2.45) is 0 Å². The third-order valence-corrected chi connectivity index (χ3v) is 2.79. The van der Waals surface area contributed by atoms with Crippen LogP contribution < -0.4 is 10.6 Å². The van der Waals surface area contributed by atoms with Crippen LogP contribution in [0.3, 0.4) is 0 Å². The molecule has 1 atom stereocenters. The molecule has 0 saturated carbocycles. The number of nitriles is 1. The zero-order valence-electron chi connectivity index (χ0n) is 9.92. The van der Waals surface area contributed by atoms with Gasteiger partial charge in [0.25, 0.3) is 0 Å². The first kappa shape index (κ1) is 12.8. The number of carbonyl (C=O) groups excluding carboxylic acids is 1. The Kier molecular flexibility index (Phi) is 3.56. The Morgan fingerprint density at radius 2 is 2.42 bits per heavy atom. The van der Waals surface area contributed by atoms with E-state index in [0.29, 0.717) is 13.0 Å².